The Labute approximate surface area is 127 Å². The number of aromatic nitrogens is 4. The molecule has 1 atom stereocenters. The molecule has 0 radical (unpaired) electrons. The maximum absolute atomic E-state index is 4.54. The molecule has 0 N–H and O–H groups in total. The molecule has 0 bridgehead atoms. The molecule has 2 aromatic heterocycles. The third kappa shape index (κ3) is 3.63. The lowest BCUT2D eigenvalue weighted by Gasteiger charge is -2.14. The molecule has 1 unspecified atom stereocenters. The Morgan fingerprint density at radius 3 is 2.33 bits per heavy atom. The van der Waals surface area contributed by atoms with Crippen molar-refractivity contribution in [3.63, 3.8) is 0 Å². The van der Waals surface area contributed by atoms with E-state index in [0.717, 1.165) is 34.9 Å². The summed E-state index contributed by atoms with van der Waals surface area (Å²) in [5, 5.41) is 8.63. The molecule has 0 amide bonds. The first kappa shape index (κ1) is 15.5. The van der Waals surface area contributed by atoms with Crippen molar-refractivity contribution in [3.05, 3.63) is 46.3 Å². The zero-order chi connectivity index (χ0) is 15.6. The summed E-state index contributed by atoms with van der Waals surface area (Å²) in [4.78, 5) is 9.04. The van der Waals surface area contributed by atoms with Crippen molar-refractivity contribution < 1.29 is 0 Å². The highest BCUT2D eigenvalue weighted by Gasteiger charge is 2.15. The van der Waals surface area contributed by atoms with E-state index >= 15 is 0 Å². The molecule has 0 aliphatic heterocycles. The van der Waals surface area contributed by atoms with Gasteiger partial charge in [0.2, 0.25) is 0 Å². The van der Waals surface area contributed by atoms with Gasteiger partial charge in [0, 0.05) is 12.1 Å². The normalized spacial score (nSPS) is 12.7. The predicted octanol–water partition coefficient (Wildman–Crippen LogP) is 3.66. The van der Waals surface area contributed by atoms with E-state index < -0.39 is 0 Å². The summed E-state index contributed by atoms with van der Waals surface area (Å²) in [6.07, 6.45) is 2.67. The Balaban J connectivity index is 2.23. The molecule has 0 aliphatic rings. The van der Waals surface area contributed by atoms with Crippen LogP contribution >= 0.6 is 0 Å². The van der Waals surface area contributed by atoms with Gasteiger partial charge in [0.25, 0.3) is 0 Å². The molecule has 21 heavy (non-hydrogen) atoms. The van der Waals surface area contributed by atoms with E-state index in [1.54, 1.807) is 0 Å². The Bertz CT molecular complexity index is 635. The van der Waals surface area contributed by atoms with Gasteiger partial charge in [0.05, 0.1) is 28.5 Å². The molecule has 0 aromatic carbocycles. The topological polar surface area (TPSA) is 51.6 Å². The molecule has 0 spiro atoms. The largest absolute Gasteiger partial charge is 0.257 e. The fraction of sp³-hybridized carbons (Fsp3) is 0.529. The van der Waals surface area contributed by atoms with Crippen molar-refractivity contribution in [2.75, 3.05) is 0 Å². The molecule has 4 heteroatoms. The smallest absolute Gasteiger partial charge is 0.0648 e. The van der Waals surface area contributed by atoms with Gasteiger partial charge in [-0.25, -0.2) is 0 Å². The summed E-state index contributed by atoms with van der Waals surface area (Å²) in [7, 11) is 0. The van der Waals surface area contributed by atoms with Gasteiger partial charge < -0.3 is 0 Å². The molecular formula is C17H24N4. The van der Waals surface area contributed by atoms with Gasteiger partial charge in [-0.1, -0.05) is 20.8 Å². The molecule has 0 saturated heterocycles. The van der Waals surface area contributed by atoms with Crippen LogP contribution in [-0.4, -0.2) is 20.2 Å². The van der Waals surface area contributed by atoms with E-state index in [9.17, 15) is 0 Å². The lowest BCUT2D eigenvalue weighted by molar-refractivity contribution is 0.680. The minimum absolute atomic E-state index is 0.287. The van der Waals surface area contributed by atoms with E-state index in [-0.39, 0.29) is 5.92 Å². The Hall–Kier alpha value is -1.84. The maximum Gasteiger partial charge on any atom is 0.0648 e. The SMILES string of the molecule is Cc1cnc(C(C)Cc2cc(C(C)C)c(C)nn2)c(C)n1. The minimum atomic E-state index is 0.287. The van der Waals surface area contributed by atoms with Crippen molar-refractivity contribution in [1.29, 1.82) is 0 Å². The van der Waals surface area contributed by atoms with Crippen LogP contribution in [0.4, 0.5) is 0 Å². The Morgan fingerprint density at radius 2 is 1.71 bits per heavy atom. The molecule has 112 valence electrons. The highest BCUT2D eigenvalue weighted by atomic mass is 15.1. The quantitative estimate of drug-likeness (QED) is 0.859. The second kappa shape index (κ2) is 6.29. The Kier molecular flexibility index (Phi) is 4.66. The van der Waals surface area contributed by atoms with Crippen LogP contribution in [0.5, 0.6) is 0 Å². The zero-order valence-electron chi connectivity index (χ0n) is 13.8. The number of hydrogen-bond donors (Lipinski definition) is 0. The number of aryl methyl sites for hydroxylation is 3. The summed E-state index contributed by atoms with van der Waals surface area (Å²) >= 11 is 0. The summed E-state index contributed by atoms with van der Waals surface area (Å²) in [6.45, 7) is 12.6. The van der Waals surface area contributed by atoms with Crippen LogP contribution in [0.3, 0.4) is 0 Å². The monoisotopic (exact) mass is 284 g/mol. The third-order valence-corrected chi connectivity index (χ3v) is 3.78. The molecule has 2 aromatic rings. The van der Waals surface area contributed by atoms with Crippen LogP contribution in [0.25, 0.3) is 0 Å². The minimum Gasteiger partial charge on any atom is -0.257 e. The van der Waals surface area contributed by atoms with E-state index in [2.05, 4.69) is 47.0 Å². The zero-order valence-corrected chi connectivity index (χ0v) is 13.8. The first-order chi connectivity index (χ1) is 9.88. The fourth-order valence-electron chi connectivity index (χ4n) is 2.70. The summed E-state index contributed by atoms with van der Waals surface area (Å²) in [5.41, 5.74) is 6.34. The van der Waals surface area contributed by atoms with Gasteiger partial charge >= 0.3 is 0 Å². The van der Waals surface area contributed by atoms with Gasteiger partial charge in [0.15, 0.2) is 0 Å². The molecule has 2 rings (SSSR count). The maximum atomic E-state index is 4.54. The van der Waals surface area contributed by atoms with Crippen LogP contribution in [0.1, 0.15) is 66.6 Å². The van der Waals surface area contributed by atoms with E-state index in [4.69, 9.17) is 0 Å². The molecule has 0 aliphatic carbocycles. The van der Waals surface area contributed by atoms with Gasteiger partial charge in [-0.15, -0.1) is 0 Å². The van der Waals surface area contributed by atoms with Crippen LogP contribution in [0, 0.1) is 20.8 Å². The molecule has 4 nitrogen and oxygen atoms in total. The predicted molar refractivity (Wildman–Crippen MR) is 84.5 cm³/mol. The Morgan fingerprint density at radius 1 is 1.00 bits per heavy atom. The lowest BCUT2D eigenvalue weighted by Crippen LogP contribution is -2.09. The number of rotatable bonds is 4. The standard InChI is InChI=1S/C17H24N4/c1-10(2)16-8-15(21-20-13(16)5)7-11(3)17-14(6)19-12(4)9-18-17/h8-11H,7H2,1-6H3. The van der Waals surface area contributed by atoms with Crippen LogP contribution in [0.15, 0.2) is 12.3 Å². The average molecular weight is 284 g/mol. The van der Waals surface area contributed by atoms with Crippen molar-refractivity contribution in [1.82, 2.24) is 20.2 Å². The second-order valence-electron chi connectivity index (χ2n) is 6.12. The highest BCUT2D eigenvalue weighted by Crippen LogP contribution is 2.23. The van der Waals surface area contributed by atoms with E-state index in [1.807, 2.05) is 27.0 Å². The van der Waals surface area contributed by atoms with Gasteiger partial charge in [-0.3, -0.25) is 9.97 Å². The van der Waals surface area contributed by atoms with Crippen LogP contribution in [0.2, 0.25) is 0 Å². The summed E-state index contributed by atoms with van der Waals surface area (Å²) < 4.78 is 0. The highest BCUT2D eigenvalue weighted by molar-refractivity contribution is 5.25. The summed E-state index contributed by atoms with van der Waals surface area (Å²) in [6, 6.07) is 2.18. The fourth-order valence-corrected chi connectivity index (χ4v) is 2.70. The van der Waals surface area contributed by atoms with Crippen LogP contribution in [-0.2, 0) is 6.42 Å². The molecule has 2 heterocycles. The number of hydrogen-bond acceptors (Lipinski definition) is 4. The lowest BCUT2D eigenvalue weighted by atomic mass is 9.96. The summed E-state index contributed by atoms with van der Waals surface area (Å²) in [5.74, 6) is 0.755. The van der Waals surface area contributed by atoms with Gasteiger partial charge in [-0.05, 0) is 44.7 Å². The van der Waals surface area contributed by atoms with Crippen molar-refractivity contribution in [3.8, 4) is 0 Å². The van der Waals surface area contributed by atoms with Gasteiger partial charge in [-0.2, -0.15) is 10.2 Å². The van der Waals surface area contributed by atoms with Crippen LogP contribution < -0.4 is 0 Å². The number of nitrogens with zero attached hydrogens (tertiary/aromatic N) is 4. The molecule has 0 saturated carbocycles. The molecule has 0 fully saturated rings. The second-order valence-corrected chi connectivity index (χ2v) is 6.12. The van der Waals surface area contributed by atoms with E-state index in [1.165, 1.54) is 5.56 Å². The first-order valence-electron chi connectivity index (χ1n) is 7.51. The third-order valence-electron chi connectivity index (χ3n) is 3.78. The van der Waals surface area contributed by atoms with Crippen molar-refractivity contribution in [2.45, 2.75) is 59.8 Å². The molecular weight excluding hydrogens is 260 g/mol. The van der Waals surface area contributed by atoms with Crippen molar-refractivity contribution >= 4 is 0 Å². The average Bonchev–Trinajstić information content (AvgIpc) is 2.40. The van der Waals surface area contributed by atoms with E-state index in [0.29, 0.717) is 5.92 Å². The first-order valence-corrected chi connectivity index (χ1v) is 7.51. The van der Waals surface area contributed by atoms with Gasteiger partial charge in [0.1, 0.15) is 0 Å². The van der Waals surface area contributed by atoms with Crippen molar-refractivity contribution in [2.24, 2.45) is 0 Å².